The molecule has 1 aliphatic heterocycles. The Labute approximate surface area is 230 Å². The fourth-order valence-electron chi connectivity index (χ4n) is 5.49. The molecule has 0 aliphatic carbocycles. The Hall–Kier alpha value is -4.13. The first-order valence-electron chi connectivity index (χ1n) is 13.9. The highest BCUT2D eigenvalue weighted by atomic mass is 16.2. The SMILES string of the molecule is CC(C)Cn1ncn(-c2ccc(N3CCC(C(C(=O)NCc4ccccc4)c4ccccc4)CC3)cc2)c1=O. The minimum atomic E-state index is -0.173. The zero-order chi connectivity index (χ0) is 27.2. The molecule has 1 saturated heterocycles. The van der Waals surface area contributed by atoms with Crippen molar-refractivity contribution in [1.29, 1.82) is 0 Å². The lowest BCUT2D eigenvalue weighted by Crippen LogP contribution is -2.40. The van der Waals surface area contributed by atoms with Crippen molar-refractivity contribution in [1.82, 2.24) is 19.7 Å². The van der Waals surface area contributed by atoms with Gasteiger partial charge in [-0.05, 0) is 60.1 Å². The van der Waals surface area contributed by atoms with Crippen molar-refractivity contribution in [2.45, 2.75) is 45.7 Å². The van der Waals surface area contributed by atoms with Crippen LogP contribution < -0.4 is 15.9 Å². The third-order valence-corrected chi connectivity index (χ3v) is 7.53. The van der Waals surface area contributed by atoms with Crippen molar-refractivity contribution in [3.8, 4) is 5.69 Å². The summed E-state index contributed by atoms with van der Waals surface area (Å²) in [4.78, 5) is 28.5. The second-order valence-corrected chi connectivity index (χ2v) is 10.8. The van der Waals surface area contributed by atoms with E-state index in [4.69, 9.17) is 0 Å². The summed E-state index contributed by atoms with van der Waals surface area (Å²) in [5.41, 5.74) is 4.01. The molecule has 0 saturated carbocycles. The number of benzene rings is 3. The topological polar surface area (TPSA) is 72.2 Å². The molecule has 7 heteroatoms. The molecule has 0 bridgehead atoms. The fraction of sp³-hybridized carbons (Fsp3) is 0.344. The number of anilines is 1. The Morgan fingerprint density at radius 1 is 0.897 bits per heavy atom. The molecular weight excluding hydrogens is 486 g/mol. The zero-order valence-electron chi connectivity index (χ0n) is 22.7. The van der Waals surface area contributed by atoms with E-state index in [2.05, 4.69) is 53.4 Å². The summed E-state index contributed by atoms with van der Waals surface area (Å²) in [5, 5.41) is 7.45. The van der Waals surface area contributed by atoms with Gasteiger partial charge in [0.1, 0.15) is 6.33 Å². The summed E-state index contributed by atoms with van der Waals surface area (Å²) in [6.07, 6.45) is 3.46. The van der Waals surface area contributed by atoms with Gasteiger partial charge >= 0.3 is 5.69 Å². The summed E-state index contributed by atoms with van der Waals surface area (Å²) >= 11 is 0. The van der Waals surface area contributed by atoms with Gasteiger partial charge < -0.3 is 10.2 Å². The van der Waals surface area contributed by atoms with Gasteiger partial charge in [0.05, 0.1) is 11.6 Å². The van der Waals surface area contributed by atoms with Crippen LogP contribution in [0.2, 0.25) is 0 Å². The summed E-state index contributed by atoms with van der Waals surface area (Å²) < 4.78 is 3.11. The third-order valence-electron chi connectivity index (χ3n) is 7.53. The van der Waals surface area contributed by atoms with Gasteiger partial charge in [0, 0.05) is 31.9 Å². The minimum absolute atomic E-state index is 0.0938. The van der Waals surface area contributed by atoms with Crippen LogP contribution >= 0.6 is 0 Å². The van der Waals surface area contributed by atoms with Crippen molar-refractivity contribution in [3.05, 3.63) is 113 Å². The van der Waals surface area contributed by atoms with Crippen molar-refractivity contribution in [2.75, 3.05) is 18.0 Å². The van der Waals surface area contributed by atoms with Crippen LogP contribution in [0.5, 0.6) is 0 Å². The Morgan fingerprint density at radius 3 is 2.15 bits per heavy atom. The fourth-order valence-corrected chi connectivity index (χ4v) is 5.49. The normalized spacial score (nSPS) is 14.9. The standard InChI is InChI=1S/C32H37N5O2/c1-24(2)22-37-32(39)36(23-34-37)29-15-13-28(14-16-29)35-19-17-27(18-20-35)30(26-11-7-4-8-12-26)31(38)33-21-25-9-5-3-6-10-25/h3-16,23-24,27,30H,17-22H2,1-2H3,(H,33,38). The van der Waals surface area contributed by atoms with Gasteiger partial charge in [0.15, 0.2) is 0 Å². The molecule has 5 rings (SSSR count). The summed E-state index contributed by atoms with van der Waals surface area (Å²) in [5.74, 6) is 0.543. The van der Waals surface area contributed by atoms with Crippen LogP contribution in [0.4, 0.5) is 5.69 Å². The van der Waals surface area contributed by atoms with Crippen molar-refractivity contribution < 1.29 is 4.79 Å². The molecule has 4 aromatic rings. The van der Waals surface area contributed by atoms with Crippen LogP contribution in [0.25, 0.3) is 5.69 Å². The smallest absolute Gasteiger partial charge is 0.350 e. The van der Waals surface area contributed by atoms with Crippen molar-refractivity contribution in [3.63, 3.8) is 0 Å². The Kier molecular flexibility index (Phi) is 8.25. The number of nitrogens with zero attached hydrogens (tertiary/aromatic N) is 4. The van der Waals surface area contributed by atoms with E-state index in [1.807, 2.05) is 60.7 Å². The lowest BCUT2D eigenvalue weighted by molar-refractivity contribution is -0.124. The molecule has 1 aliphatic rings. The van der Waals surface area contributed by atoms with E-state index < -0.39 is 0 Å². The van der Waals surface area contributed by atoms with Crippen LogP contribution in [0, 0.1) is 11.8 Å². The quantitative estimate of drug-likeness (QED) is 0.335. The molecule has 1 atom stereocenters. The van der Waals surface area contributed by atoms with Gasteiger partial charge in [-0.1, -0.05) is 74.5 Å². The Balaban J connectivity index is 1.24. The highest BCUT2D eigenvalue weighted by molar-refractivity contribution is 5.84. The van der Waals surface area contributed by atoms with Crippen LogP contribution in [0.15, 0.2) is 96.1 Å². The number of amides is 1. The molecule has 39 heavy (non-hydrogen) atoms. The number of rotatable bonds is 9. The number of piperidine rings is 1. The van der Waals surface area contributed by atoms with E-state index in [0.717, 1.165) is 48.4 Å². The molecule has 0 spiro atoms. The highest BCUT2D eigenvalue weighted by Crippen LogP contribution is 2.34. The zero-order valence-corrected chi connectivity index (χ0v) is 22.7. The number of aromatic nitrogens is 3. The summed E-state index contributed by atoms with van der Waals surface area (Å²) in [6.45, 7) is 7.04. The molecule has 3 aromatic carbocycles. The Morgan fingerprint density at radius 2 is 1.51 bits per heavy atom. The first-order valence-corrected chi connectivity index (χ1v) is 13.9. The van der Waals surface area contributed by atoms with Gasteiger partial charge in [-0.2, -0.15) is 5.10 Å². The predicted molar refractivity (Wildman–Crippen MR) is 155 cm³/mol. The van der Waals surface area contributed by atoms with Crippen molar-refractivity contribution >= 4 is 11.6 Å². The van der Waals surface area contributed by atoms with Gasteiger partial charge in [-0.25, -0.2) is 14.0 Å². The van der Waals surface area contributed by atoms with E-state index in [1.165, 1.54) is 4.68 Å². The van der Waals surface area contributed by atoms with Gasteiger partial charge in [0.25, 0.3) is 0 Å². The maximum atomic E-state index is 13.5. The van der Waals surface area contributed by atoms with E-state index in [1.54, 1.807) is 10.9 Å². The van der Waals surface area contributed by atoms with Gasteiger partial charge in [0.2, 0.25) is 5.91 Å². The number of nitrogens with one attached hydrogen (secondary N) is 1. The van der Waals surface area contributed by atoms with Crippen molar-refractivity contribution in [2.24, 2.45) is 11.8 Å². The molecule has 1 unspecified atom stereocenters. The summed E-state index contributed by atoms with van der Waals surface area (Å²) in [7, 11) is 0. The Bertz CT molecular complexity index is 1400. The molecule has 1 N–H and O–H groups in total. The van der Waals surface area contributed by atoms with Crippen LogP contribution in [-0.4, -0.2) is 33.3 Å². The van der Waals surface area contributed by atoms with E-state index in [-0.39, 0.29) is 23.4 Å². The second kappa shape index (κ2) is 12.2. The van der Waals surface area contributed by atoms with E-state index >= 15 is 0 Å². The number of hydrogen-bond donors (Lipinski definition) is 1. The molecule has 2 heterocycles. The molecule has 1 fully saturated rings. The number of carbonyl (C=O) groups excluding carboxylic acids is 1. The molecular formula is C32H37N5O2. The number of hydrogen-bond acceptors (Lipinski definition) is 4. The highest BCUT2D eigenvalue weighted by Gasteiger charge is 2.32. The molecule has 1 aromatic heterocycles. The minimum Gasteiger partial charge on any atom is -0.372 e. The lowest BCUT2D eigenvalue weighted by Gasteiger charge is -2.37. The molecule has 0 radical (unpaired) electrons. The summed E-state index contributed by atoms with van der Waals surface area (Å²) in [6, 6.07) is 28.3. The largest absolute Gasteiger partial charge is 0.372 e. The predicted octanol–water partition coefficient (Wildman–Crippen LogP) is 5.01. The second-order valence-electron chi connectivity index (χ2n) is 10.8. The van der Waals surface area contributed by atoms with Crippen LogP contribution in [0.3, 0.4) is 0 Å². The van der Waals surface area contributed by atoms with Gasteiger partial charge in [-0.3, -0.25) is 4.79 Å². The molecule has 1 amide bonds. The maximum absolute atomic E-state index is 13.5. The average molecular weight is 524 g/mol. The maximum Gasteiger partial charge on any atom is 0.350 e. The molecule has 202 valence electrons. The average Bonchev–Trinajstić information content (AvgIpc) is 3.32. The third kappa shape index (κ3) is 6.30. The van der Waals surface area contributed by atoms with E-state index in [0.29, 0.717) is 19.0 Å². The van der Waals surface area contributed by atoms with Crippen LogP contribution in [-0.2, 0) is 17.9 Å². The molecule has 7 nitrogen and oxygen atoms in total. The van der Waals surface area contributed by atoms with E-state index in [9.17, 15) is 9.59 Å². The monoisotopic (exact) mass is 523 g/mol. The number of carbonyl (C=O) groups is 1. The first kappa shape index (κ1) is 26.5. The van der Waals surface area contributed by atoms with Gasteiger partial charge in [-0.15, -0.1) is 0 Å². The lowest BCUT2D eigenvalue weighted by atomic mass is 9.79. The first-order chi connectivity index (χ1) is 19.0. The van der Waals surface area contributed by atoms with Crippen LogP contribution in [0.1, 0.15) is 43.7 Å².